The van der Waals surface area contributed by atoms with Crippen molar-refractivity contribution in [3.05, 3.63) is 35.9 Å². The van der Waals surface area contributed by atoms with E-state index in [0.717, 1.165) is 0 Å². The van der Waals surface area contributed by atoms with Crippen molar-refractivity contribution >= 4 is 5.97 Å². The van der Waals surface area contributed by atoms with E-state index in [2.05, 4.69) is 4.74 Å². The number of hydrogen-bond donors (Lipinski definition) is 0. The molecule has 0 N–H and O–H groups in total. The molecule has 0 bridgehead atoms. The first-order valence-corrected chi connectivity index (χ1v) is 5.98. The summed E-state index contributed by atoms with van der Waals surface area (Å²) in [5, 5.41) is 0. The summed E-state index contributed by atoms with van der Waals surface area (Å²) in [7, 11) is 1.37. The van der Waals surface area contributed by atoms with Crippen molar-refractivity contribution in [1.29, 1.82) is 0 Å². The van der Waals surface area contributed by atoms with Crippen LogP contribution in [0.2, 0.25) is 0 Å². The van der Waals surface area contributed by atoms with Gasteiger partial charge in [0.25, 0.3) is 0 Å². The second kappa shape index (κ2) is 19.3. The molecule has 0 aromatic heterocycles. The molecule has 0 atom stereocenters. The van der Waals surface area contributed by atoms with Gasteiger partial charge in [-0.25, -0.2) is 4.79 Å². The zero-order valence-electron chi connectivity index (χ0n) is 11.7. The molecule has 0 saturated heterocycles. The largest absolute Gasteiger partial charge is 0.465 e. The van der Waals surface area contributed by atoms with Gasteiger partial charge in [0.15, 0.2) is 0 Å². The summed E-state index contributed by atoms with van der Waals surface area (Å²) in [4.78, 5) is 10.8. The number of carbonyl (C=O) groups is 1. The predicted octanol–water partition coefficient (Wildman–Crippen LogP) is 4.55. The van der Waals surface area contributed by atoms with E-state index in [1.165, 1.54) is 7.11 Å². The highest BCUT2D eigenvalue weighted by atomic mass is 16.5. The van der Waals surface area contributed by atoms with Crippen molar-refractivity contribution in [3.8, 4) is 0 Å². The van der Waals surface area contributed by atoms with Crippen LogP contribution in [0.25, 0.3) is 0 Å². The predicted molar refractivity (Wildman–Crippen MR) is 71.8 cm³/mol. The quantitative estimate of drug-likeness (QED) is 0.656. The topological polar surface area (TPSA) is 26.3 Å². The summed E-state index contributed by atoms with van der Waals surface area (Å²) in [5.74, 6) is -0.291. The maximum atomic E-state index is 10.8. The van der Waals surface area contributed by atoms with E-state index in [1.807, 2.05) is 47.6 Å². The average molecular weight is 226 g/mol. The fourth-order valence-electron chi connectivity index (χ4n) is 0.692. The van der Waals surface area contributed by atoms with Crippen molar-refractivity contribution in [3.63, 3.8) is 0 Å². The number of esters is 1. The molecular weight excluding hydrogens is 200 g/mol. The van der Waals surface area contributed by atoms with Gasteiger partial charge < -0.3 is 4.74 Å². The molecule has 0 saturated carbocycles. The molecule has 0 amide bonds. The second-order valence-electron chi connectivity index (χ2n) is 1.86. The molecule has 0 heterocycles. The van der Waals surface area contributed by atoms with Gasteiger partial charge in [-0.05, 0) is 12.1 Å². The zero-order valence-corrected chi connectivity index (χ0v) is 11.7. The van der Waals surface area contributed by atoms with Crippen LogP contribution in [0.15, 0.2) is 30.3 Å². The number of benzene rings is 1. The number of ether oxygens (including phenoxy) is 1. The Kier molecular flexibility index (Phi) is 24.3. The van der Waals surface area contributed by atoms with E-state index in [9.17, 15) is 4.79 Å². The summed E-state index contributed by atoms with van der Waals surface area (Å²) in [6, 6.07) is 8.88. The summed E-state index contributed by atoms with van der Waals surface area (Å²) >= 11 is 0. The number of rotatable bonds is 1. The van der Waals surface area contributed by atoms with E-state index in [-0.39, 0.29) is 5.97 Å². The number of methoxy groups -OCH3 is 1. The van der Waals surface area contributed by atoms with Crippen molar-refractivity contribution < 1.29 is 9.53 Å². The first-order valence-electron chi connectivity index (χ1n) is 5.98. The van der Waals surface area contributed by atoms with Gasteiger partial charge in [0.1, 0.15) is 0 Å². The summed E-state index contributed by atoms with van der Waals surface area (Å²) in [5.41, 5.74) is 0.588. The van der Waals surface area contributed by atoms with E-state index in [0.29, 0.717) is 5.56 Å². The fourth-order valence-corrected chi connectivity index (χ4v) is 0.692. The van der Waals surface area contributed by atoms with E-state index in [4.69, 9.17) is 0 Å². The van der Waals surface area contributed by atoms with Crippen LogP contribution in [0.3, 0.4) is 0 Å². The lowest BCUT2D eigenvalue weighted by atomic mass is 10.2. The van der Waals surface area contributed by atoms with Crippen LogP contribution in [-0.4, -0.2) is 13.1 Å². The molecule has 2 heteroatoms. The van der Waals surface area contributed by atoms with Gasteiger partial charge in [-0.1, -0.05) is 59.7 Å². The maximum Gasteiger partial charge on any atom is 0.337 e. The molecule has 2 nitrogen and oxygen atoms in total. The SMILES string of the molecule is CC.CC.CC.COC(=O)c1ccccc1. The van der Waals surface area contributed by atoms with Gasteiger partial charge in [-0.3, -0.25) is 0 Å². The Bertz CT molecular complexity index is 217. The zero-order chi connectivity index (χ0) is 13.4. The highest BCUT2D eigenvalue weighted by molar-refractivity contribution is 5.89. The number of carbonyl (C=O) groups excluding carboxylic acids is 1. The standard InChI is InChI=1S/C8H8O2.3C2H6/c1-10-8(9)7-5-3-2-4-6-7;3*1-2/h2-6H,1H3;3*1-2H3. The Balaban J connectivity index is -0.000000245. The van der Waals surface area contributed by atoms with Crippen LogP contribution >= 0.6 is 0 Å². The minimum absolute atomic E-state index is 0.291. The van der Waals surface area contributed by atoms with Gasteiger partial charge in [-0.2, -0.15) is 0 Å². The van der Waals surface area contributed by atoms with Crippen molar-refractivity contribution in [2.24, 2.45) is 0 Å². The summed E-state index contributed by atoms with van der Waals surface area (Å²) in [6.07, 6.45) is 0. The minimum atomic E-state index is -0.291. The first-order chi connectivity index (χ1) is 7.84. The highest BCUT2D eigenvalue weighted by Gasteiger charge is 2.00. The highest BCUT2D eigenvalue weighted by Crippen LogP contribution is 1.98. The normalized spacial score (nSPS) is 6.69. The molecule has 1 aromatic carbocycles. The molecule has 0 radical (unpaired) electrons. The van der Waals surface area contributed by atoms with Crippen LogP contribution in [0, 0.1) is 0 Å². The molecule has 0 aliphatic carbocycles. The van der Waals surface area contributed by atoms with Gasteiger partial charge in [-0.15, -0.1) is 0 Å². The van der Waals surface area contributed by atoms with Crippen LogP contribution in [-0.2, 0) is 4.74 Å². The Morgan fingerprint density at radius 1 is 0.875 bits per heavy atom. The second-order valence-corrected chi connectivity index (χ2v) is 1.86. The Morgan fingerprint density at radius 3 is 1.56 bits per heavy atom. The van der Waals surface area contributed by atoms with Crippen molar-refractivity contribution in [2.45, 2.75) is 41.5 Å². The molecule has 0 aliphatic rings. The van der Waals surface area contributed by atoms with Gasteiger partial charge in [0, 0.05) is 0 Å². The Labute approximate surface area is 101 Å². The lowest BCUT2D eigenvalue weighted by molar-refractivity contribution is 0.0601. The molecule has 16 heavy (non-hydrogen) atoms. The molecule has 0 aliphatic heterocycles. The molecule has 0 unspecified atom stereocenters. The third-order valence-electron chi connectivity index (χ3n) is 1.19. The van der Waals surface area contributed by atoms with Crippen molar-refractivity contribution in [2.75, 3.05) is 7.11 Å². The monoisotopic (exact) mass is 226 g/mol. The third-order valence-corrected chi connectivity index (χ3v) is 1.19. The van der Waals surface area contributed by atoms with Crippen LogP contribution in [0.4, 0.5) is 0 Å². The number of hydrogen-bond acceptors (Lipinski definition) is 2. The van der Waals surface area contributed by atoms with Gasteiger partial charge in [0.05, 0.1) is 12.7 Å². The van der Waals surface area contributed by atoms with Crippen LogP contribution in [0.5, 0.6) is 0 Å². The lowest BCUT2D eigenvalue weighted by Gasteiger charge is -1.95. The van der Waals surface area contributed by atoms with Gasteiger partial charge in [0.2, 0.25) is 0 Å². The van der Waals surface area contributed by atoms with Gasteiger partial charge >= 0.3 is 5.97 Å². The molecule has 94 valence electrons. The van der Waals surface area contributed by atoms with E-state index >= 15 is 0 Å². The minimum Gasteiger partial charge on any atom is -0.465 e. The Hall–Kier alpha value is -1.31. The van der Waals surface area contributed by atoms with E-state index < -0.39 is 0 Å². The smallest absolute Gasteiger partial charge is 0.337 e. The lowest BCUT2D eigenvalue weighted by Crippen LogP contribution is -1.99. The van der Waals surface area contributed by atoms with Crippen LogP contribution in [0.1, 0.15) is 51.9 Å². The van der Waals surface area contributed by atoms with E-state index in [1.54, 1.807) is 24.3 Å². The summed E-state index contributed by atoms with van der Waals surface area (Å²) < 4.78 is 4.50. The van der Waals surface area contributed by atoms with Crippen molar-refractivity contribution in [1.82, 2.24) is 0 Å². The maximum absolute atomic E-state index is 10.8. The molecular formula is C14H26O2. The molecule has 0 fully saturated rings. The third kappa shape index (κ3) is 10.8. The first kappa shape index (κ1) is 20.1. The molecule has 1 rings (SSSR count). The average Bonchev–Trinajstić information content (AvgIpc) is 2.45. The van der Waals surface area contributed by atoms with Crippen LogP contribution < -0.4 is 0 Å². The fraction of sp³-hybridized carbons (Fsp3) is 0.500. The molecule has 0 spiro atoms. The summed E-state index contributed by atoms with van der Waals surface area (Å²) in [6.45, 7) is 12.0. The molecule has 1 aromatic rings. The Morgan fingerprint density at radius 2 is 1.25 bits per heavy atom.